The molecule has 0 bridgehead atoms. The molecule has 0 N–H and O–H groups in total. The third kappa shape index (κ3) is 0.718. The first kappa shape index (κ1) is 6.09. The van der Waals surface area contributed by atoms with Gasteiger partial charge in [0.1, 0.15) is 11.1 Å². The molecule has 2 aliphatic rings. The van der Waals surface area contributed by atoms with Crippen LogP contribution >= 0.6 is 12.0 Å². The fraction of sp³-hybridized carbons (Fsp3) is 0.500. The van der Waals surface area contributed by atoms with Gasteiger partial charge in [0.2, 0.25) is 5.91 Å². The van der Waals surface area contributed by atoms with E-state index < -0.39 is 0 Å². The lowest BCUT2D eigenvalue weighted by Crippen LogP contribution is -2.48. The van der Waals surface area contributed by atoms with Gasteiger partial charge >= 0.3 is 0 Å². The Bertz CT molecular complexity index is 214. The molecule has 1 saturated heterocycles. The van der Waals surface area contributed by atoms with Gasteiger partial charge in [-0.05, 0) is 6.92 Å². The highest BCUT2D eigenvalue weighted by molar-refractivity contribution is 7.95. The zero-order chi connectivity index (χ0) is 7.14. The number of hydrogen-bond acceptors (Lipinski definition) is 3. The summed E-state index contributed by atoms with van der Waals surface area (Å²) in [7, 11) is 0. The fourth-order valence-electron chi connectivity index (χ4n) is 0.986. The molecule has 10 heavy (non-hydrogen) atoms. The number of rotatable bonds is 0. The first-order valence-corrected chi connectivity index (χ1v) is 3.91. The summed E-state index contributed by atoms with van der Waals surface area (Å²) in [6.07, 6.45) is 2.38. The summed E-state index contributed by atoms with van der Waals surface area (Å²) in [6.45, 7) is 1.84. The minimum atomic E-state index is 0.195. The predicted octanol–water partition coefficient (Wildman–Crippen LogP) is 1.08. The first-order chi connectivity index (χ1) is 4.77. The van der Waals surface area contributed by atoms with Gasteiger partial charge in [-0.3, -0.25) is 9.69 Å². The Morgan fingerprint density at radius 3 is 3.30 bits per heavy atom. The van der Waals surface area contributed by atoms with E-state index in [1.807, 2.05) is 6.92 Å². The van der Waals surface area contributed by atoms with Gasteiger partial charge in [0.25, 0.3) is 0 Å². The first-order valence-electron chi connectivity index (χ1n) is 3.10. The molecule has 1 fully saturated rings. The van der Waals surface area contributed by atoms with Crippen molar-refractivity contribution >= 4 is 17.9 Å². The van der Waals surface area contributed by atoms with Crippen molar-refractivity contribution in [1.82, 2.24) is 4.90 Å². The van der Waals surface area contributed by atoms with Crippen LogP contribution < -0.4 is 0 Å². The van der Waals surface area contributed by atoms with E-state index in [2.05, 4.69) is 0 Å². The number of nitrogens with zero attached hydrogens (tertiary/aromatic N) is 1. The van der Waals surface area contributed by atoms with Crippen LogP contribution in [0.2, 0.25) is 0 Å². The van der Waals surface area contributed by atoms with E-state index in [-0.39, 0.29) is 11.3 Å². The number of carbonyl (C=O) groups excluding carboxylic acids is 1. The average Bonchev–Trinajstić information content (AvgIpc) is 1.92. The lowest BCUT2D eigenvalue weighted by Gasteiger charge is -2.39. The van der Waals surface area contributed by atoms with Crippen molar-refractivity contribution < 1.29 is 8.98 Å². The summed E-state index contributed by atoms with van der Waals surface area (Å²) in [5, 5.41) is 0.246. The number of β-lactam (4-membered cyclic amide) rings is 1. The number of fused-ring (bicyclic) bond motifs is 1. The predicted molar refractivity (Wildman–Crippen MR) is 37.7 cm³/mol. The third-order valence-electron chi connectivity index (χ3n) is 1.56. The zero-order valence-electron chi connectivity index (χ0n) is 5.53. The standard InChI is InChI=1S/C6H7NO2S/c1-4-3-7-5(8)2-6(7)10-9-4/h3,6H,2H2,1H3/t6-/m1/s1. The van der Waals surface area contributed by atoms with Crippen molar-refractivity contribution in [1.29, 1.82) is 0 Å². The summed E-state index contributed by atoms with van der Waals surface area (Å²) in [4.78, 5) is 12.5. The number of carbonyl (C=O) groups is 1. The van der Waals surface area contributed by atoms with Crippen molar-refractivity contribution in [3.63, 3.8) is 0 Å². The van der Waals surface area contributed by atoms with Gasteiger partial charge in [0, 0.05) is 6.20 Å². The summed E-state index contributed by atoms with van der Waals surface area (Å²) in [6, 6.07) is 0. The fourth-order valence-corrected chi connectivity index (χ4v) is 1.77. The van der Waals surface area contributed by atoms with Crippen LogP contribution in [-0.2, 0) is 8.98 Å². The largest absolute Gasteiger partial charge is 0.427 e. The Morgan fingerprint density at radius 2 is 2.70 bits per heavy atom. The Labute approximate surface area is 63.2 Å². The number of allylic oxidation sites excluding steroid dienone is 1. The maximum atomic E-state index is 10.8. The van der Waals surface area contributed by atoms with E-state index >= 15 is 0 Å². The molecule has 1 amide bonds. The second-order valence-electron chi connectivity index (χ2n) is 2.38. The minimum Gasteiger partial charge on any atom is -0.427 e. The normalized spacial score (nSPS) is 30.1. The molecule has 0 aromatic heterocycles. The van der Waals surface area contributed by atoms with Crippen LogP contribution in [0.15, 0.2) is 12.0 Å². The van der Waals surface area contributed by atoms with Crippen molar-refractivity contribution in [2.24, 2.45) is 0 Å². The van der Waals surface area contributed by atoms with Crippen molar-refractivity contribution in [2.45, 2.75) is 18.7 Å². The lowest BCUT2D eigenvalue weighted by atomic mass is 10.2. The quantitative estimate of drug-likeness (QED) is 0.389. The Hall–Kier alpha value is -0.640. The van der Waals surface area contributed by atoms with Gasteiger partial charge < -0.3 is 4.18 Å². The van der Waals surface area contributed by atoms with E-state index in [9.17, 15) is 4.79 Å². The average molecular weight is 157 g/mol. The summed E-state index contributed by atoms with van der Waals surface area (Å²) >= 11 is 1.36. The Kier molecular flexibility index (Phi) is 1.17. The van der Waals surface area contributed by atoms with Gasteiger partial charge in [-0.1, -0.05) is 0 Å². The molecule has 0 saturated carbocycles. The van der Waals surface area contributed by atoms with Gasteiger partial charge in [0.05, 0.1) is 18.5 Å². The van der Waals surface area contributed by atoms with E-state index in [4.69, 9.17) is 4.18 Å². The summed E-state index contributed by atoms with van der Waals surface area (Å²) in [5.74, 6) is 0.995. The maximum Gasteiger partial charge on any atom is 0.230 e. The summed E-state index contributed by atoms with van der Waals surface area (Å²) in [5.41, 5.74) is 0. The van der Waals surface area contributed by atoms with Crippen LogP contribution in [0.5, 0.6) is 0 Å². The monoisotopic (exact) mass is 157 g/mol. The van der Waals surface area contributed by atoms with Gasteiger partial charge in [0.15, 0.2) is 0 Å². The topological polar surface area (TPSA) is 29.5 Å². The summed E-state index contributed by atoms with van der Waals surface area (Å²) < 4.78 is 5.14. The van der Waals surface area contributed by atoms with Crippen molar-refractivity contribution in [3.05, 3.63) is 12.0 Å². The van der Waals surface area contributed by atoms with Gasteiger partial charge in [-0.2, -0.15) is 0 Å². The highest BCUT2D eigenvalue weighted by atomic mass is 32.2. The van der Waals surface area contributed by atoms with Crippen LogP contribution in [0.4, 0.5) is 0 Å². The van der Waals surface area contributed by atoms with E-state index in [1.54, 1.807) is 11.1 Å². The second-order valence-corrected chi connectivity index (χ2v) is 3.28. The van der Waals surface area contributed by atoms with Crippen LogP contribution in [-0.4, -0.2) is 16.2 Å². The van der Waals surface area contributed by atoms with Crippen LogP contribution in [0, 0.1) is 0 Å². The molecule has 3 nitrogen and oxygen atoms in total. The molecule has 0 unspecified atom stereocenters. The molecule has 0 radical (unpaired) electrons. The second kappa shape index (κ2) is 1.92. The van der Waals surface area contributed by atoms with Crippen LogP contribution in [0.3, 0.4) is 0 Å². The van der Waals surface area contributed by atoms with E-state index in [0.717, 1.165) is 5.76 Å². The van der Waals surface area contributed by atoms with Crippen molar-refractivity contribution in [3.8, 4) is 0 Å². The SMILES string of the molecule is CC1=CN2C(=O)C[C@H]2SO1. The molecule has 54 valence electrons. The molecule has 2 heterocycles. The third-order valence-corrected chi connectivity index (χ3v) is 2.53. The Balaban J connectivity index is 2.18. The van der Waals surface area contributed by atoms with Gasteiger partial charge in [-0.25, -0.2) is 0 Å². The van der Waals surface area contributed by atoms with Crippen LogP contribution in [0.25, 0.3) is 0 Å². The minimum absolute atomic E-state index is 0.195. The molecule has 2 aliphatic heterocycles. The smallest absolute Gasteiger partial charge is 0.230 e. The highest BCUT2D eigenvalue weighted by Gasteiger charge is 2.39. The lowest BCUT2D eigenvalue weighted by molar-refractivity contribution is -0.138. The molecule has 2 rings (SSSR count). The number of hydrogen-bond donors (Lipinski definition) is 0. The van der Waals surface area contributed by atoms with Gasteiger partial charge in [-0.15, -0.1) is 0 Å². The molecule has 4 heteroatoms. The maximum absolute atomic E-state index is 10.8. The zero-order valence-corrected chi connectivity index (χ0v) is 6.35. The molecule has 0 aromatic carbocycles. The molecule has 0 aromatic rings. The molecular weight excluding hydrogens is 150 g/mol. The van der Waals surface area contributed by atoms with Crippen LogP contribution in [0.1, 0.15) is 13.3 Å². The van der Waals surface area contributed by atoms with E-state index in [0.29, 0.717) is 6.42 Å². The molecule has 0 aliphatic carbocycles. The molecular formula is C6H7NO2S. The molecule has 1 atom stereocenters. The Morgan fingerprint density at radius 1 is 1.90 bits per heavy atom. The number of amides is 1. The molecule has 0 spiro atoms. The van der Waals surface area contributed by atoms with E-state index in [1.165, 1.54) is 12.0 Å². The van der Waals surface area contributed by atoms with Crippen molar-refractivity contribution in [2.75, 3.05) is 0 Å². The highest BCUT2D eigenvalue weighted by Crippen LogP contribution is 2.36.